The van der Waals surface area contributed by atoms with Crippen LogP contribution in [0.25, 0.3) is 6.08 Å². The van der Waals surface area contributed by atoms with E-state index in [-0.39, 0.29) is 0 Å². The molecule has 1 aromatic rings. The van der Waals surface area contributed by atoms with Crippen molar-refractivity contribution in [2.24, 2.45) is 0 Å². The molecule has 0 aromatic carbocycles. The lowest BCUT2D eigenvalue weighted by atomic mass is 10.5. The SMILES string of the molecule is [CH]=Cc1n[c]ccn1. The molecule has 0 spiro atoms. The van der Waals surface area contributed by atoms with Crippen molar-refractivity contribution in [2.75, 3.05) is 0 Å². The van der Waals surface area contributed by atoms with Gasteiger partial charge in [0.2, 0.25) is 0 Å². The van der Waals surface area contributed by atoms with Crippen molar-refractivity contribution < 1.29 is 0 Å². The quantitative estimate of drug-likeness (QED) is 0.524. The molecule has 1 rings (SSSR count). The van der Waals surface area contributed by atoms with Crippen LogP contribution in [0.3, 0.4) is 0 Å². The Morgan fingerprint density at radius 1 is 1.75 bits per heavy atom. The van der Waals surface area contributed by atoms with Crippen LogP contribution >= 0.6 is 0 Å². The van der Waals surface area contributed by atoms with E-state index in [2.05, 4.69) is 16.2 Å². The van der Waals surface area contributed by atoms with Crippen molar-refractivity contribution in [1.29, 1.82) is 0 Å². The smallest absolute Gasteiger partial charge is 0.152 e. The lowest BCUT2D eigenvalue weighted by Crippen LogP contribution is -1.81. The van der Waals surface area contributed by atoms with Crippen LogP contribution < -0.4 is 0 Å². The molecule has 0 amide bonds. The zero-order valence-corrected chi connectivity index (χ0v) is 4.20. The Morgan fingerprint density at radius 3 is 3.00 bits per heavy atom. The molecule has 0 saturated carbocycles. The number of hydrogen-bond donors (Lipinski definition) is 0. The van der Waals surface area contributed by atoms with Crippen molar-refractivity contribution in [2.45, 2.75) is 0 Å². The summed E-state index contributed by atoms with van der Waals surface area (Å²) in [6.07, 6.45) is 5.51. The van der Waals surface area contributed by atoms with Crippen LogP contribution in [0.2, 0.25) is 0 Å². The van der Waals surface area contributed by atoms with Gasteiger partial charge >= 0.3 is 0 Å². The summed E-state index contributed by atoms with van der Waals surface area (Å²) in [6, 6.07) is 1.62. The summed E-state index contributed by atoms with van der Waals surface area (Å²) >= 11 is 0. The fraction of sp³-hybridized carbons (Fsp3) is 0. The number of aromatic nitrogens is 2. The molecular weight excluding hydrogens is 100 g/mol. The Bertz CT molecular complexity index is 169. The molecule has 2 nitrogen and oxygen atoms in total. The van der Waals surface area contributed by atoms with E-state index in [1.807, 2.05) is 0 Å². The average Bonchev–Trinajstić information content (AvgIpc) is 1.90. The van der Waals surface area contributed by atoms with Crippen LogP contribution in [-0.2, 0) is 0 Å². The largest absolute Gasteiger partial charge is 0.237 e. The summed E-state index contributed by atoms with van der Waals surface area (Å²) in [5, 5.41) is 0. The highest BCUT2D eigenvalue weighted by Gasteiger charge is 1.79. The fourth-order valence-corrected chi connectivity index (χ4v) is 0.360. The van der Waals surface area contributed by atoms with Gasteiger partial charge in [-0.2, -0.15) is 0 Å². The first-order valence-corrected chi connectivity index (χ1v) is 2.17. The third kappa shape index (κ3) is 0.904. The predicted molar refractivity (Wildman–Crippen MR) is 29.6 cm³/mol. The lowest BCUT2D eigenvalue weighted by Gasteiger charge is -1.82. The third-order valence-electron chi connectivity index (χ3n) is 0.684. The van der Waals surface area contributed by atoms with E-state index >= 15 is 0 Å². The van der Waals surface area contributed by atoms with Crippen molar-refractivity contribution >= 4 is 6.08 Å². The highest BCUT2D eigenvalue weighted by Crippen LogP contribution is 1.84. The van der Waals surface area contributed by atoms with Crippen LogP contribution in [0.1, 0.15) is 5.82 Å². The summed E-state index contributed by atoms with van der Waals surface area (Å²) in [5.41, 5.74) is 0. The van der Waals surface area contributed by atoms with Crippen LogP contribution in [0.4, 0.5) is 0 Å². The normalized spacial score (nSPS) is 8.50. The van der Waals surface area contributed by atoms with E-state index in [1.165, 1.54) is 6.08 Å². The Morgan fingerprint density at radius 2 is 2.62 bits per heavy atom. The number of hydrogen-bond acceptors (Lipinski definition) is 2. The third-order valence-corrected chi connectivity index (χ3v) is 0.684. The van der Waals surface area contributed by atoms with Crippen LogP contribution in [0, 0.1) is 12.8 Å². The first-order chi connectivity index (χ1) is 3.93. The van der Waals surface area contributed by atoms with Crippen LogP contribution in [-0.4, -0.2) is 9.97 Å². The van der Waals surface area contributed by atoms with Crippen molar-refractivity contribution in [3.8, 4) is 0 Å². The summed E-state index contributed by atoms with van der Waals surface area (Å²) in [6.45, 7) is 5.08. The first-order valence-electron chi connectivity index (χ1n) is 2.17. The molecule has 0 aliphatic carbocycles. The van der Waals surface area contributed by atoms with E-state index in [9.17, 15) is 0 Å². The standard InChI is InChI=1S/C6H4N2/c1-2-6-7-4-3-5-8-6/h1-4H. The highest BCUT2D eigenvalue weighted by atomic mass is 14.8. The second kappa shape index (κ2) is 2.21. The summed E-state index contributed by atoms with van der Waals surface area (Å²) in [4.78, 5) is 7.45. The second-order valence-corrected chi connectivity index (χ2v) is 1.21. The molecule has 2 heteroatoms. The molecule has 8 heavy (non-hydrogen) atoms. The summed E-state index contributed by atoms with van der Waals surface area (Å²) in [5.74, 6) is 0.507. The van der Waals surface area contributed by atoms with E-state index in [0.717, 1.165) is 0 Å². The Hall–Kier alpha value is -1.18. The van der Waals surface area contributed by atoms with Gasteiger partial charge in [-0.1, -0.05) is 6.58 Å². The maximum absolute atomic E-state index is 5.08. The highest BCUT2D eigenvalue weighted by molar-refractivity contribution is 5.32. The minimum atomic E-state index is 0.507. The Labute approximate surface area is 47.9 Å². The van der Waals surface area contributed by atoms with Crippen LogP contribution in [0.15, 0.2) is 12.3 Å². The molecule has 0 atom stereocenters. The van der Waals surface area contributed by atoms with E-state index < -0.39 is 0 Å². The Kier molecular flexibility index (Phi) is 1.37. The topological polar surface area (TPSA) is 25.8 Å². The zero-order valence-electron chi connectivity index (χ0n) is 4.20. The monoisotopic (exact) mass is 104 g/mol. The van der Waals surface area contributed by atoms with Gasteiger partial charge in [-0.05, 0) is 12.1 Å². The lowest BCUT2D eigenvalue weighted by molar-refractivity contribution is 1.13. The van der Waals surface area contributed by atoms with Gasteiger partial charge in [0, 0.05) is 6.20 Å². The second-order valence-electron chi connectivity index (χ2n) is 1.21. The van der Waals surface area contributed by atoms with Crippen molar-refractivity contribution in [1.82, 2.24) is 9.97 Å². The average molecular weight is 104 g/mol. The molecule has 0 aliphatic heterocycles. The molecule has 0 fully saturated rings. The van der Waals surface area contributed by atoms with E-state index in [0.29, 0.717) is 5.82 Å². The molecule has 0 bridgehead atoms. The van der Waals surface area contributed by atoms with Gasteiger partial charge in [0.25, 0.3) is 0 Å². The number of nitrogens with zero attached hydrogens (tertiary/aromatic N) is 2. The van der Waals surface area contributed by atoms with Gasteiger partial charge in [0.15, 0.2) is 5.82 Å². The van der Waals surface area contributed by atoms with Gasteiger partial charge in [0.1, 0.15) is 0 Å². The minimum absolute atomic E-state index is 0.507. The predicted octanol–water partition coefficient (Wildman–Crippen LogP) is 0.723. The first kappa shape index (κ1) is 4.97. The van der Waals surface area contributed by atoms with Crippen molar-refractivity contribution in [3.63, 3.8) is 0 Å². The molecule has 0 aliphatic rings. The van der Waals surface area contributed by atoms with Gasteiger partial charge in [-0.3, -0.25) is 0 Å². The molecule has 2 radical (unpaired) electrons. The molecule has 0 unspecified atom stereocenters. The van der Waals surface area contributed by atoms with Gasteiger partial charge < -0.3 is 0 Å². The molecule has 38 valence electrons. The van der Waals surface area contributed by atoms with E-state index in [4.69, 9.17) is 6.58 Å². The summed E-state index contributed by atoms with van der Waals surface area (Å²) < 4.78 is 0. The molecule has 1 heterocycles. The molecule has 1 aromatic heterocycles. The van der Waals surface area contributed by atoms with Crippen LogP contribution in [0.5, 0.6) is 0 Å². The zero-order chi connectivity index (χ0) is 5.82. The maximum Gasteiger partial charge on any atom is 0.152 e. The van der Waals surface area contributed by atoms with Gasteiger partial charge in [0.05, 0.1) is 6.20 Å². The summed E-state index contributed by atoms with van der Waals surface area (Å²) in [7, 11) is 0. The van der Waals surface area contributed by atoms with Crippen molar-refractivity contribution in [3.05, 3.63) is 30.9 Å². The van der Waals surface area contributed by atoms with Gasteiger partial charge in [-0.25, -0.2) is 9.97 Å². The minimum Gasteiger partial charge on any atom is -0.237 e. The maximum atomic E-state index is 5.08. The fourth-order valence-electron chi connectivity index (χ4n) is 0.360. The number of rotatable bonds is 1. The molecule has 0 N–H and O–H groups in total. The molecular formula is C6H4N2. The van der Waals surface area contributed by atoms with E-state index in [1.54, 1.807) is 12.3 Å². The Balaban J connectivity index is 2.99. The molecule has 0 saturated heterocycles. The van der Waals surface area contributed by atoms with Gasteiger partial charge in [-0.15, -0.1) is 0 Å².